The average Bonchev–Trinajstić information content (AvgIpc) is 2.50. The Hall–Kier alpha value is -2.51. The van der Waals surface area contributed by atoms with Gasteiger partial charge in [0.15, 0.2) is 6.10 Å². The molecule has 0 aromatic heterocycles. The summed E-state index contributed by atoms with van der Waals surface area (Å²) in [5.74, 6) is -9.23. The zero-order chi connectivity index (χ0) is 20.3. The van der Waals surface area contributed by atoms with Crippen LogP contribution in [0.3, 0.4) is 0 Å². The number of hydrogen-bond acceptors (Lipinski definition) is 5. The quantitative estimate of drug-likeness (QED) is 0.768. The summed E-state index contributed by atoms with van der Waals surface area (Å²) in [5.41, 5.74) is -0.612. The summed E-state index contributed by atoms with van der Waals surface area (Å²) >= 11 is 0. The second kappa shape index (κ2) is 7.80. The Kier molecular flexibility index (Phi) is 6.46. The molecule has 0 radical (unpaired) electrons. The number of esters is 2. The molecule has 1 unspecified atom stereocenters. The number of hydrogen-bond donors (Lipinski definition) is 1. The molecule has 0 aliphatic carbocycles. The van der Waals surface area contributed by atoms with Gasteiger partial charge in [0.05, 0.1) is 11.1 Å². The van der Waals surface area contributed by atoms with Gasteiger partial charge in [0.2, 0.25) is 0 Å². The van der Waals surface area contributed by atoms with Crippen molar-refractivity contribution in [1.29, 1.82) is 0 Å². The molecule has 0 aliphatic rings. The van der Waals surface area contributed by atoms with E-state index in [1.165, 1.54) is 38.1 Å². The first-order valence-electron chi connectivity index (χ1n) is 7.91. The van der Waals surface area contributed by atoms with E-state index in [0.717, 1.165) is 0 Å². The first-order chi connectivity index (χ1) is 11.8. The van der Waals surface area contributed by atoms with Crippen LogP contribution in [0.4, 0.5) is 8.78 Å². The molecule has 1 rings (SSSR count). The van der Waals surface area contributed by atoms with Gasteiger partial charge in [0, 0.05) is 0 Å². The smallest absolute Gasteiger partial charge is 0.378 e. The third-order valence-electron chi connectivity index (χ3n) is 3.24. The van der Waals surface area contributed by atoms with Gasteiger partial charge in [-0.05, 0) is 51.0 Å². The highest BCUT2D eigenvalue weighted by Gasteiger charge is 2.51. The number of carbonyl (C=O) groups is 3. The van der Waals surface area contributed by atoms with E-state index < -0.39 is 41.5 Å². The van der Waals surface area contributed by atoms with Crippen molar-refractivity contribution in [1.82, 2.24) is 0 Å². The van der Waals surface area contributed by atoms with E-state index in [1.807, 2.05) is 0 Å². The van der Waals surface area contributed by atoms with E-state index in [9.17, 15) is 23.2 Å². The molecule has 0 aliphatic heterocycles. The molecule has 1 aromatic carbocycles. The van der Waals surface area contributed by atoms with Crippen LogP contribution < -0.4 is 0 Å². The van der Waals surface area contributed by atoms with E-state index in [0.29, 0.717) is 0 Å². The molecule has 144 valence electrons. The average molecular weight is 372 g/mol. The van der Waals surface area contributed by atoms with Gasteiger partial charge in [-0.15, -0.1) is 0 Å². The molecule has 0 bridgehead atoms. The van der Waals surface area contributed by atoms with Gasteiger partial charge in [-0.3, -0.25) is 0 Å². The van der Waals surface area contributed by atoms with E-state index in [1.54, 1.807) is 20.8 Å². The molecular formula is C18H22F2O6. The van der Waals surface area contributed by atoms with Crippen LogP contribution in [0.5, 0.6) is 0 Å². The fraction of sp³-hybridized carbons (Fsp3) is 0.500. The first kappa shape index (κ1) is 21.5. The van der Waals surface area contributed by atoms with Crippen LogP contribution in [-0.2, 0) is 14.3 Å². The molecule has 0 fully saturated rings. The molecular weight excluding hydrogens is 350 g/mol. The second-order valence-electron chi connectivity index (χ2n) is 7.08. The highest BCUT2D eigenvalue weighted by atomic mass is 19.3. The normalized spacial score (nSPS) is 13.2. The van der Waals surface area contributed by atoms with Crippen molar-refractivity contribution < 1.29 is 37.7 Å². The van der Waals surface area contributed by atoms with Gasteiger partial charge in [-0.25, -0.2) is 14.4 Å². The summed E-state index contributed by atoms with van der Waals surface area (Å²) < 4.78 is 37.3. The topological polar surface area (TPSA) is 89.9 Å². The molecule has 0 saturated carbocycles. The van der Waals surface area contributed by atoms with E-state index >= 15 is 0 Å². The Labute approximate surface area is 150 Å². The Morgan fingerprint density at radius 2 is 1.38 bits per heavy atom. The molecule has 1 atom stereocenters. The minimum absolute atomic E-state index is 0.0934. The SMILES string of the molecule is CC(C)C(OC(=O)c1ccc(C(=O)OC(C)(C)C)cc1)C(F)(F)C(=O)O. The number of aliphatic carboxylic acids is 1. The minimum atomic E-state index is -4.22. The monoisotopic (exact) mass is 372 g/mol. The zero-order valence-electron chi connectivity index (χ0n) is 15.2. The van der Waals surface area contributed by atoms with E-state index in [-0.39, 0.29) is 11.1 Å². The number of alkyl halides is 2. The Morgan fingerprint density at radius 3 is 1.73 bits per heavy atom. The predicted octanol–water partition coefficient (Wildman–Crippen LogP) is 3.54. The van der Waals surface area contributed by atoms with Gasteiger partial charge < -0.3 is 14.6 Å². The van der Waals surface area contributed by atoms with E-state index in [2.05, 4.69) is 0 Å². The maximum absolute atomic E-state index is 13.7. The largest absolute Gasteiger partial charge is 0.477 e. The minimum Gasteiger partial charge on any atom is -0.477 e. The lowest BCUT2D eigenvalue weighted by atomic mass is 10.0. The van der Waals surface area contributed by atoms with Crippen LogP contribution in [-0.4, -0.2) is 40.6 Å². The third kappa shape index (κ3) is 5.50. The Morgan fingerprint density at radius 1 is 0.962 bits per heavy atom. The fourth-order valence-electron chi connectivity index (χ4n) is 2.01. The summed E-state index contributed by atoms with van der Waals surface area (Å²) in [7, 11) is 0. The summed E-state index contributed by atoms with van der Waals surface area (Å²) in [6.07, 6.45) is -2.13. The summed E-state index contributed by atoms with van der Waals surface area (Å²) in [6.45, 7) is 7.74. The summed E-state index contributed by atoms with van der Waals surface area (Å²) in [6, 6.07) is 5.03. The van der Waals surface area contributed by atoms with Crippen LogP contribution in [0, 0.1) is 5.92 Å². The molecule has 1 aromatic rings. The van der Waals surface area contributed by atoms with Crippen molar-refractivity contribution in [3.05, 3.63) is 35.4 Å². The lowest BCUT2D eigenvalue weighted by molar-refractivity contribution is -0.187. The molecule has 0 saturated heterocycles. The van der Waals surface area contributed by atoms with Crippen molar-refractivity contribution in [2.75, 3.05) is 0 Å². The maximum Gasteiger partial charge on any atom is 0.378 e. The van der Waals surface area contributed by atoms with Gasteiger partial charge in [0.25, 0.3) is 0 Å². The fourth-order valence-corrected chi connectivity index (χ4v) is 2.01. The number of carboxylic acids is 1. The van der Waals surface area contributed by atoms with Crippen molar-refractivity contribution in [3.63, 3.8) is 0 Å². The first-order valence-corrected chi connectivity index (χ1v) is 7.91. The van der Waals surface area contributed by atoms with Crippen LogP contribution >= 0.6 is 0 Å². The highest BCUT2D eigenvalue weighted by Crippen LogP contribution is 2.28. The lowest BCUT2D eigenvalue weighted by Crippen LogP contribution is -2.47. The van der Waals surface area contributed by atoms with Gasteiger partial charge in [-0.2, -0.15) is 8.78 Å². The lowest BCUT2D eigenvalue weighted by Gasteiger charge is -2.26. The Bertz CT molecular complexity index is 674. The van der Waals surface area contributed by atoms with E-state index in [4.69, 9.17) is 14.6 Å². The van der Waals surface area contributed by atoms with Crippen LogP contribution in [0.1, 0.15) is 55.3 Å². The summed E-state index contributed by atoms with van der Waals surface area (Å²) in [5, 5.41) is 8.64. The van der Waals surface area contributed by atoms with Crippen molar-refractivity contribution in [2.24, 2.45) is 5.92 Å². The predicted molar refractivity (Wildman–Crippen MR) is 88.2 cm³/mol. The molecule has 1 N–H and O–H groups in total. The number of carboxylic acid groups (broad SMARTS) is 1. The molecule has 6 nitrogen and oxygen atoms in total. The number of carbonyl (C=O) groups excluding carboxylic acids is 2. The standard InChI is InChI=1S/C18H22F2O6/c1-10(2)13(18(19,20)16(23)24)25-14(21)11-6-8-12(9-7-11)15(22)26-17(3,4)5/h6-10,13H,1-5H3,(H,23,24). The molecule has 8 heteroatoms. The number of benzene rings is 1. The summed E-state index contributed by atoms with van der Waals surface area (Å²) in [4.78, 5) is 34.7. The van der Waals surface area contributed by atoms with Crippen molar-refractivity contribution in [2.45, 2.75) is 52.2 Å². The van der Waals surface area contributed by atoms with Crippen LogP contribution in [0.15, 0.2) is 24.3 Å². The van der Waals surface area contributed by atoms with Crippen molar-refractivity contribution >= 4 is 17.9 Å². The molecule has 0 spiro atoms. The highest BCUT2D eigenvalue weighted by molar-refractivity contribution is 5.93. The molecule has 26 heavy (non-hydrogen) atoms. The van der Waals surface area contributed by atoms with Gasteiger partial charge in [-0.1, -0.05) is 13.8 Å². The Balaban J connectivity index is 2.94. The third-order valence-corrected chi connectivity index (χ3v) is 3.24. The van der Waals surface area contributed by atoms with Crippen LogP contribution in [0.25, 0.3) is 0 Å². The van der Waals surface area contributed by atoms with Crippen molar-refractivity contribution in [3.8, 4) is 0 Å². The second-order valence-corrected chi connectivity index (χ2v) is 7.08. The molecule has 0 heterocycles. The van der Waals surface area contributed by atoms with Gasteiger partial charge >= 0.3 is 23.8 Å². The van der Waals surface area contributed by atoms with Crippen LogP contribution in [0.2, 0.25) is 0 Å². The molecule has 0 amide bonds. The number of rotatable bonds is 6. The van der Waals surface area contributed by atoms with Gasteiger partial charge in [0.1, 0.15) is 5.60 Å². The zero-order valence-corrected chi connectivity index (χ0v) is 15.2. The number of halogens is 2. The number of ether oxygens (including phenoxy) is 2. The maximum atomic E-state index is 13.7.